The third-order valence-electron chi connectivity index (χ3n) is 4.91. The van der Waals surface area contributed by atoms with Crippen LogP contribution in [-0.2, 0) is 42.9 Å². The van der Waals surface area contributed by atoms with E-state index in [0.717, 1.165) is 6.20 Å². The monoisotopic (exact) mass is 519 g/mol. The molecule has 2 rings (SSSR count). The number of nitrogens with one attached hydrogen (secondary N) is 1. The van der Waals surface area contributed by atoms with Gasteiger partial charge in [0.15, 0.2) is 17.3 Å². The van der Waals surface area contributed by atoms with Crippen LogP contribution >= 0.6 is 0 Å². The molecule has 202 valence electrons. The van der Waals surface area contributed by atoms with Crippen LogP contribution in [0.2, 0.25) is 0 Å². The molecule has 0 radical (unpaired) electrons. The van der Waals surface area contributed by atoms with E-state index in [9.17, 15) is 19.2 Å². The quantitative estimate of drug-likeness (QED) is 0.129. The fourth-order valence-electron chi connectivity index (χ4n) is 3.47. The van der Waals surface area contributed by atoms with Crippen LogP contribution in [0.3, 0.4) is 0 Å². The van der Waals surface area contributed by atoms with E-state index in [2.05, 4.69) is 10.3 Å². The zero-order chi connectivity index (χ0) is 27.4. The van der Waals surface area contributed by atoms with Crippen LogP contribution in [0.5, 0.6) is 0 Å². The van der Waals surface area contributed by atoms with E-state index in [-0.39, 0.29) is 44.5 Å². The topological polar surface area (TPSA) is 144 Å². The minimum absolute atomic E-state index is 0.0387. The Hall–Kier alpha value is -3.93. The number of imidazole rings is 1. The number of ether oxygens (including phenoxy) is 5. The highest BCUT2D eigenvalue weighted by Crippen LogP contribution is 2.34. The van der Waals surface area contributed by atoms with Gasteiger partial charge in [0.25, 0.3) is 0 Å². The summed E-state index contributed by atoms with van der Waals surface area (Å²) in [5.74, 6) is -4.79. The molecule has 0 aliphatic carbocycles. The van der Waals surface area contributed by atoms with Gasteiger partial charge in [0, 0.05) is 19.0 Å². The van der Waals surface area contributed by atoms with Crippen molar-refractivity contribution >= 4 is 35.3 Å². The summed E-state index contributed by atoms with van der Waals surface area (Å²) in [4.78, 5) is 55.2. The maximum atomic E-state index is 12.9. The van der Waals surface area contributed by atoms with E-state index in [0.29, 0.717) is 5.65 Å². The van der Waals surface area contributed by atoms with Crippen molar-refractivity contribution in [3.05, 3.63) is 41.9 Å². The second kappa shape index (κ2) is 14.6. The van der Waals surface area contributed by atoms with E-state index < -0.39 is 41.5 Å². The first-order chi connectivity index (χ1) is 17.8. The van der Waals surface area contributed by atoms with Crippen LogP contribution in [-0.4, -0.2) is 66.3 Å². The number of rotatable bonds is 14. The lowest BCUT2D eigenvalue weighted by atomic mass is 9.99. The standard InChI is InChI=1S/C25H33N3O9/c1-6-33-20(18(24(31)36-9-4)25(32)37-10-5)19-21(27-17-13-11-12-14-28(17)19)26-15-16(22(29)34-7-2)23(30)35-8-3/h11-15,18,20,26H,6-10H2,1-5H3. The third kappa shape index (κ3) is 7.29. The molecule has 0 spiro atoms. The number of carbonyl (C=O) groups is 4. The predicted octanol–water partition coefficient (Wildman–Crippen LogP) is 2.58. The minimum Gasteiger partial charge on any atom is -0.465 e. The lowest BCUT2D eigenvalue weighted by Gasteiger charge is -2.24. The summed E-state index contributed by atoms with van der Waals surface area (Å²) >= 11 is 0. The van der Waals surface area contributed by atoms with Crippen LogP contribution in [0, 0.1) is 5.92 Å². The Bertz CT molecular complexity index is 1090. The average Bonchev–Trinajstić information content (AvgIpc) is 3.22. The Balaban J connectivity index is 2.69. The second-order valence-corrected chi connectivity index (χ2v) is 7.28. The fourth-order valence-corrected chi connectivity index (χ4v) is 3.47. The summed E-state index contributed by atoms with van der Waals surface area (Å²) in [7, 11) is 0. The van der Waals surface area contributed by atoms with E-state index in [1.807, 2.05) is 0 Å². The number of fused-ring (bicyclic) bond motifs is 1. The summed E-state index contributed by atoms with van der Waals surface area (Å²) < 4.78 is 27.8. The Labute approximate surface area is 214 Å². The molecule has 0 saturated carbocycles. The Morgan fingerprint density at radius 2 is 1.43 bits per heavy atom. The molecule has 0 amide bonds. The second-order valence-electron chi connectivity index (χ2n) is 7.28. The maximum absolute atomic E-state index is 12.9. The van der Waals surface area contributed by atoms with Gasteiger partial charge in [-0.3, -0.25) is 14.0 Å². The summed E-state index contributed by atoms with van der Waals surface area (Å²) in [6, 6.07) is 5.17. The lowest BCUT2D eigenvalue weighted by Crippen LogP contribution is -2.35. The van der Waals surface area contributed by atoms with Gasteiger partial charge >= 0.3 is 23.9 Å². The Morgan fingerprint density at radius 3 is 1.95 bits per heavy atom. The van der Waals surface area contributed by atoms with E-state index in [1.54, 1.807) is 63.4 Å². The molecular weight excluding hydrogens is 486 g/mol. The van der Waals surface area contributed by atoms with Crippen molar-refractivity contribution in [3.63, 3.8) is 0 Å². The molecule has 1 N–H and O–H groups in total. The maximum Gasteiger partial charge on any atom is 0.347 e. The van der Waals surface area contributed by atoms with E-state index in [4.69, 9.17) is 23.7 Å². The van der Waals surface area contributed by atoms with Crippen LogP contribution in [0.4, 0.5) is 5.82 Å². The third-order valence-corrected chi connectivity index (χ3v) is 4.91. The molecule has 2 heterocycles. The number of carbonyl (C=O) groups excluding carboxylic acids is 4. The van der Waals surface area contributed by atoms with Gasteiger partial charge in [0.1, 0.15) is 11.8 Å². The molecule has 12 heteroatoms. The first-order valence-electron chi connectivity index (χ1n) is 12.1. The smallest absolute Gasteiger partial charge is 0.347 e. The van der Waals surface area contributed by atoms with Crippen molar-refractivity contribution in [1.82, 2.24) is 9.38 Å². The Kier molecular flexibility index (Phi) is 11.6. The number of hydrogen-bond donors (Lipinski definition) is 1. The molecular formula is C25H33N3O9. The van der Waals surface area contributed by atoms with Crippen molar-refractivity contribution in [1.29, 1.82) is 0 Å². The van der Waals surface area contributed by atoms with Gasteiger partial charge < -0.3 is 29.0 Å². The molecule has 0 fully saturated rings. The predicted molar refractivity (Wildman–Crippen MR) is 131 cm³/mol. The summed E-state index contributed by atoms with van der Waals surface area (Å²) in [6.45, 7) is 8.45. The summed E-state index contributed by atoms with van der Waals surface area (Å²) in [6.07, 6.45) is 1.59. The first-order valence-corrected chi connectivity index (χ1v) is 12.1. The number of nitrogens with zero attached hydrogens (tertiary/aromatic N) is 2. The molecule has 2 aromatic rings. The van der Waals surface area contributed by atoms with Crippen LogP contribution in [0.15, 0.2) is 36.2 Å². The van der Waals surface area contributed by atoms with Gasteiger partial charge in [0.2, 0.25) is 0 Å². The molecule has 1 atom stereocenters. The largest absolute Gasteiger partial charge is 0.465 e. The molecule has 0 bridgehead atoms. The highest BCUT2D eigenvalue weighted by Gasteiger charge is 2.42. The molecule has 0 aliphatic heterocycles. The van der Waals surface area contributed by atoms with Gasteiger partial charge in [-0.25, -0.2) is 14.6 Å². The lowest BCUT2D eigenvalue weighted by molar-refractivity contribution is -0.169. The van der Waals surface area contributed by atoms with Gasteiger partial charge in [-0.15, -0.1) is 0 Å². The Morgan fingerprint density at radius 1 is 0.865 bits per heavy atom. The zero-order valence-electron chi connectivity index (χ0n) is 21.6. The molecule has 2 aromatic heterocycles. The number of aromatic nitrogens is 2. The summed E-state index contributed by atoms with van der Waals surface area (Å²) in [5, 5.41) is 2.84. The van der Waals surface area contributed by atoms with Crippen molar-refractivity contribution in [3.8, 4) is 0 Å². The van der Waals surface area contributed by atoms with Crippen molar-refractivity contribution in [2.45, 2.75) is 40.7 Å². The normalized spacial score (nSPS) is 11.5. The van der Waals surface area contributed by atoms with Crippen LogP contribution < -0.4 is 5.32 Å². The van der Waals surface area contributed by atoms with Crippen LogP contribution in [0.25, 0.3) is 5.65 Å². The average molecular weight is 520 g/mol. The minimum atomic E-state index is -1.47. The molecule has 0 saturated heterocycles. The van der Waals surface area contributed by atoms with Crippen LogP contribution in [0.1, 0.15) is 46.4 Å². The molecule has 12 nitrogen and oxygen atoms in total. The van der Waals surface area contributed by atoms with E-state index in [1.165, 1.54) is 0 Å². The van der Waals surface area contributed by atoms with Crippen molar-refractivity contribution in [2.24, 2.45) is 5.92 Å². The van der Waals surface area contributed by atoms with E-state index >= 15 is 0 Å². The number of pyridine rings is 1. The SMILES string of the molecule is CCOC(=O)C(=CNc1nc2ccccn2c1C(OCC)C(C(=O)OCC)C(=O)OCC)C(=O)OCC. The molecule has 37 heavy (non-hydrogen) atoms. The zero-order valence-corrected chi connectivity index (χ0v) is 21.6. The fraction of sp³-hybridized carbons (Fsp3) is 0.480. The first kappa shape index (κ1) is 29.3. The highest BCUT2D eigenvalue weighted by atomic mass is 16.6. The molecule has 1 unspecified atom stereocenters. The van der Waals surface area contributed by atoms with Gasteiger partial charge in [-0.1, -0.05) is 6.07 Å². The molecule has 0 aromatic carbocycles. The van der Waals surface area contributed by atoms with Crippen molar-refractivity contribution < 1.29 is 42.9 Å². The van der Waals surface area contributed by atoms with Gasteiger partial charge in [-0.2, -0.15) is 0 Å². The number of anilines is 1. The van der Waals surface area contributed by atoms with Gasteiger partial charge in [0.05, 0.1) is 32.1 Å². The number of esters is 4. The molecule has 0 aliphatic rings. The van der Waals surface area contributed by atoms with Crippen molar-refractivity contribution in [2.75, 3.05) is 38.4 Å². The highest BCUT2D eigenvalue weighted by molar-refractivity contribution is 6.14. The number of hydrogen-bond acceptors (Lipinski definition) is 11. The van der Waals surface area contributed by atoms with Gasteiger partial charge in [-0.05, 0) is 46.8 Å². The summed E-state index contributed by atoms with van der Waals surface area (Å²) in [5.41, 5.74) is 0.317.